The quantitative estimate of drug-likeness (QED) is 0.187. The number of nitrogens with one attached hydrogen (secondary N) is 1. The lowest BCUT2D eigenvalue weighted by atomic mass is 10.0. The molecular formula is C35H38ClN3O4S. The first-order chi connectivity index (χ1) is 21.1. The van der Waals surface area contributed by atoms with Crippen molar-refractivity contribution in [2.45, 2.75) is 51.1 Å². The lowest BCUT2D eigenvalue weighted by molar-refractivity contribution is -0.140. The monoisotopic (exact) mass is 631 g/mol. The van der Waals surface area contributed by atoms with Crippen LogP contribution in [-0.4, -0.2) is 44.3 Å². The summed E-state index contributed by atoms with van der Waals surface area (Å²) >= 11 is 6.22. The summed E-state index contributed by atoms with van der Waals surface area (Å²) in [4.78, 5) is 29.8. The minimum atomic E-state index is -4.18. The topological polar surface area (TPSA) is 86.8 Å². The standard InChI is InChI=1S/C35H38ClN3O4S/c1-4-21-37-35(41)33(23-28-14-7-5-8-15-28)38(24-29-16-12-11-13-26(29)2)34(40)25-39(32-20-19-30(36)22-27(32)3)44(42,43)31-17-9-6-10-18-31/h5-20,22,33H,4,21,23-25H2,1-3H3,(H,37,41). The summed E-state index contributed by atoms with van der Waals surface area (Å²) in [5.41, 5.74) is 3.63. The van der Waals surface area contributed by atoms with Gasteiger partial charge in [0.1, 0.15) is 12.6 Å². The number of hydrogen-bond acceptors (Lipinski definition) is 4. The molecule has 0 radical (unpaired) electrons. The zero-order valence-electron chi connectivity index (χ0n) is 25.2. The number of nitrogens with zero attached hydrogens (tertiary/aromatic N) is 2. The van der Waals surface area contributed by atoms with Crippen LogP contribution in [0.2, 0.25) is 5.02 Å². The molecule has 9 heteroatoms. The first-order valence-corrected chi connectivity index (χ1v) is 16.4. The number of benzene rings is 4. The molecule has 230 valence electrons. The van der Waals surface area contributed by atoms with E-state index >= 15 is 0 Å². The fourth-order valence-corrected chi connectivity index (χ4v) is 6.75. The highest BCUT2D eigenvalue weighted by Gasteiger charge is 2.35. The van der Waals surface area contributed by atoms with Gasteiger partial charge in [0, 0.05) is 24.5 Å². The highest BCUT2D eigenvalue weighted by atomic mass is 35.5. The Hall–Kier alpha value is -4.14. The molecule has 0 heterocycles. The number of rotatable bonds is 13. The Morgan fingerprint density at radius 1 is 0.841 bits per heavy atom. The Balaban J connectivity index is 1.82. The third kappa shape index (κ3) is 8.07. The third-order valence-electron chi connectivity index (χ3n) is 7.46. The molecule has 2 amide bonds. The lowest BCUT2D eigenvalue weighted by Crippen LogP contribution is -2.53. The molecule has 0 aliphatic carbocycles. The van der Waals surface area contributed by atoms with Crippen LogP contribution in [0.1, 0.15) is 35.6 Å². The summed E-state index contributed by atoms with van der Waals surface area (Å²) in [5, 5.41) is 3.42. The van der Waals surface area contributed by atoms with E-state index in [1.54, 1.807) is 43.3 Å². The maximum Gasteiger partial charge on any atom is 0.264 e. The van der Waals surface area contributed by atoms with E-state index in [0.29, 0.717) is 22.8 Å². The number of amides is 2. The van der Waals surface area contributed by atoms with Gasteiger partial charge in [-0.15, -0.1) is 0 Å². The molecule has 0 spiro atoms. The lowest BCUT2D eigenvalue weighted by Gasteiger charge is -2.34. The van der Waals surface area contributed by atoms with E-state index in [4.69, 9.17) is 11.6 Å². The predicted octanol–water partition coefficient (Wildman–Crippen LogP) is 6.32. The van der Waals surface area contributed by atoms with Gasteiger partial charge >= 0.3 is 0 Å². The van der Waals surface area contributed by atoms with E-state index in [1.165, 1.54) is 17.0 Å². The van der Waals surface area contributed by atoms with Crippen LogP contribution in [0, 0.1) is 13.8 Å². The second kappa shape index (κ2) is 15.0. The molecule has 0 aliphatic rings. The number of carbonyl (C=O) groups excluding carboxylic acids is 2. The smallest absolute Gasteiger partial charge is 0.264 e. The molecule has 0 bridgehead atoms. The van der Waals surface area contributed by atoms with Crippen LogP contribution in [0.5, 0.6) is 0 Å². The second-order valence-electron chi connectivity index (χ2n) is 10.7. The molecule has 0 saturated heterocycles. The van der Waals surface area contributed by atoms with E-state index in [-0.39, 0.29) is 23.8 Å². The van der Waals surface area contributed by atoms with Crippen LogP contribution >= 0.6 is 11.6 Å². The molecule has 44 heavy (non-hydrogen) atoms. The number of carbonyl (C=O) groups is 2. The van der Waals surface area contributed by atoms with Gasteiger partial charge in [0.05, 0.1) is 10.6 Å². The average Bonchev–Trinajstić information content (AvgIpc) is 3.02. The van der Waals surface area contributed by atoms with Crippen LogP contribution in [0.15, 0.2) is 108 Å². The molecule has 1 unspecified atom stereocenters. The van der Waals surface area contributed by atoms with Gasteiger partial charge < -0.3 is 10.2 Å². The summed E-state index contributed by atoms with van der Waals surface area (Å²) in [7, 11) is -4.18. The summed E-state index contributed by atoms with van der Waals surface area (Å²) in [5.74, 6) is -0.799. The normalized spacial score (nSPS) is 11.9. The molecule has 7 nitrogen and oxygen atoms in total. The summed E-state index contributed by atoms with van der Waals surface area (Å²) < 4.78 is 29.4. The summed E-state index contributed by atoms with van der Waals surface area (Å²) in [6.45, 7) is 5.73. The molecule has 0 aromatic heterocycles. The number of halogens is 1. The largest absolute Gasteiger partial charge is 0.354 e. The zero-order valence-corrected chi connectivity index (χ0v) is 26.8. The number of anilines is 1. The van der Waals surface area contributed by atoms with Crippen molar-refractivity contribution in [1.82, 2.24) is 10.2 Å². The van der Waals surface area contributed by atoms with Crippen LogP contribution in [0.3, 0.4) is 0 Å². The molecule has 0 fully saturated rings. The number of hydrogen-bond donors (Lipinski definition) is 1. The van der Waals surface area contributed by atoms with Gasteiger partial charge in [-0.25, -0.2) is 8.42 Å². The van der Waals surface area contributed by atoms with E-state index in [1.807, 2.05) is 68.4 Å². The van der Waals surface area contributed by atoms with Crippen LogP contribution in [0.25, 0.3) is 0 Å². The van der Waals surface area contributed by atoms with Gasteiger partial charge in [-0.3, -0.25) is 13.9 Å². The van der Waals surface area contributed by atoms with Crippen molar-refractivity contribution in [3.05, 3.63) is 130 Å². The van der Waals surface area contributed by atoms with Crippen molar-refractivity contribution in [2.24, 2.45) is 0 Å². The van der Waals surface area contributed by atoms with Gasteiger partial charge in [-0.2, -0.15) is 0 Å². The maximum absolute atomic E-state index is 14.5. The molecule has 4 rings (SSSR count). The third-order valence-corrected chi connectivity index (χ3v) is 9.47. The first-order valence-electron chi connectivity index (χ1n) is 14.6. The van der Waals surface area contributed by atoms with Gasteiger partial charge in [0.15, 0.2) is 0 Å². The molecule has 0 saturated carbocycles. The Bertz CT molecular complexity index is 1680. The SMILES string of the molecule is CCCNC(=O)C(Cc1ccccc1)N(Cc1ccccc1C)C(=O)CN(c1ccc(Cl)cc1C)S(=O)(=O)c1ccccc1. The Labute approximate surface area is 265 Å². The van der Waals surface area contributed by atoms with Crippen molar-refractivity contribution >= 4 is 39.1 Å². The van der Waals surface area contributed by atoms with Crippen LogP contribution in [-0.2, 0) is 32.6 Å². The molecule has 1 N–H and O–H groups in total. The summed E-state index contributed by atoms with van der Waals surface area (Å²) in [6.07, 6.45) is 0.994. The average molecular weight is 632 g/mol. The Morgan fingerprint density at radius 3 is 2.11 bits per heavy atom. The Morgan fingerprint density at radius 2 is 1.48 bits per heavy atom. The molecular weight excluding hydrogens is 594 g/mol. The van der Waals surface area contributed by atoms with Crippen LogP contribution in [0.4, 0.5) is 5.69 Å². The molecule has 4 aromatic carbocycles. The van der Waals surface area contributed by atoms with E-state index < -0.39 is 28.5 Å². The minimum absolute atomic E-state index is 0.0501. The summed E-state index contributed by atoms with van der Waals surface area (Å²) in [6, 6.07) is 29.2. The highest BCUT2D eigenvalue weighted by molar-refractivity contribution is 7.92. The Kier molecular flexibility index (Phi) is 11.2. The molecule has 1 atom stereocenters. The fraction of sp³-hybridized carbons (Fsp3) is 0.257. The van der Waals surface area contributed by atoms with E-state index in [2.05, 4.69) is 5.32 Å². The second-order valence-corrected chi connectivity index (χ2v) is 13.0. The number of aryl methyl sites for hydroxylation is 2. The zero-order chi connectivity index (χ0) is 31.7. The minimum Gasteiger partial charge on any atom is -0.354 e. The van der Waals surface area contributed by atoms with Crippen LogP contribution < -0.4 is 9.62 Å². The van der Waals surface area contributed by atoms with Gasteiger partial charge in [-0.1, -0.05) is 91.3 Å². The van der Waals surface area contributed by atoms with Gasteiger partial charge in [-0.05, 0) is 72.9 Å². The van der Waals surface area contributed by atoms with Crippen molar-refractivity contribution in [2.75, 3.05) is 17.4 Å². The van der Waals surface area contributed by atoms with Gasteiger partial charge in [0.25, 0.3) is 10.0 Å². The number of sulfonamides is 1. The maximum atomic E-state index is 14.5. The van der Waals surface area contributed by atoms with Crippen molar-refractivity contribution in [1.29, 1.82) is 0 Å². The van der Waals surface area contributed by atoms with E-state index in [0.717, 1.165) is 27.4 Å². The highest BCUT2D eigenvalue weighted by Crippen LogP contribution is 2.29. The molecule has 4 aromatic rings. The predicted molar refractivity (Wildman–Crippen MR) is 176 cm³/mol. The molecule has 0 aliphatic heterocycles. The van der Waals surface area contributed by atoms with Crippen molar-refractivity contribution in [3.8, 4) is 0 Å². The first kappa shape index (κ1) is 32.8. The van der Waals surface area contributed by atoms with E-state index in [9.17, 15) is 18.0 Å². The van der Waals surface area contributed by atoms with Gasteiger partial charge in [0.2, 0.25) is 11.8 Å². The van der Waals surface area contributed by atoms with Crippen molar-refractivity contribution < 1.29 is 18.0 Å². The van der Waals surface area contributed by atoms with Crippen molar-refractivity contribution in [3.63, 3.8) is 0 Å². The fourth-order valence-electron chi connectivity index (χ4n) is 5.02.